The zero-order chi connectivity index (χ0) is 16.3. The second-order valence-electron chi connectivity index (χ2n) is 4.49. The Balaban J connectivity index is 2.22. The van der Waals surface area contributed by atoms with Crippen LogP contribution in [0.5, 0.6) is 5.75 Å². The predicted octanol–water partition coefficient (Wildman–Crippen LogP) is 2.61. The van der Waals surface area contributed by atoms with E-state index in [4.69, 9.17) is 0 Å². The highest BCUT2D eigenvalue weighted by atomic mass is 19.3. The third kappa shape index (κ3) is 3.46. The fraction of sp³-hybridized carbons (Fsp3) is 0.385. The molecule has 1 aliphatic rings. The summed E-state index contributed by atoms with van der Waals surface area (Å²) < 4.78 is 53.5. The van der Waals surface area contributed by atoms with Crippen LogP contribution in [-0.2, 0) is 0 Å². The minimum absolute atomic E-state index is 0.0971. The van der Waals surface area contributed by atoms with Gasteiger partial charge in [0.2, 0.25) is 0 Å². The van der Waals surface area contributed by atoms with Gasteiger partial charge in [-0.3, -0.25) is 9.69 Å². The number of urea groups is 1. The third-order valence-electron chi connectivity index (χ3n) is 3.11. The van der Waals surface area contributed by atoms with Crippen LogP contribution in [0.25, 0.3) is 0 Å². The number of carbonyl (C=O) groups is 2. The fourth-order valence-corrected chi connectivity index (χ4v) is 2.14. The van der Waals surface area contributed by atoms with E-state index in [1.807, 2.05) is 0 Å². The Morgan fingerprint density at radius 2 is 1.95 bits per heavy atom. The van der Waals surface area contributed by atoms with E-state index in [9.17, 15) is 27.2 Å². The van der Waals surface area contributed by atoms with Crippen LogP contribution in [0.1, 0.15) is 10.4 Å². The van der Waals surface area contributed by atoms with Crippen molar-refractivity contribution in [3.8, 4) is 5.75 Å². The number of nitrogens with zero attached hydrogens (tertiary/aromatic N) is 2. The number of aldehydes is 1. The molecule has 0 aromatic heterocycles. The molecule has 0 unspecified atom stereocenters. The van der Waals surface area contributed by atoms with E-state index in [1.54, 1.807) is 0 Å². The van der Waals surface area contributed by atoms with Crippen molar-refractivity contribution in [2.45, 2.75) is 13.0 Å². The van der Waals surface area contributed by atoms with Crippen molar-refractivity contribution in [3.05, 3.63) is 23.8 Å². The van der Waals surface area contributed by atoms with E-state index in [0.29, 0.717) is 6.29 Å². The molecule has 2 rings (SSSR count). The number of ether oxygens (including phenoxy) is 1. The molecule has 9 heteroatoms. The molecule has 1 aliphatic heterocycles. The number of anilines is 1. The van der Waals surface area contributed by atoms with Gasteiger partial charge in [0.05, 0.1) is 12.1 Å². The maximum Gasteiger partial charge on any atom is 0.387 e. The molecule has 0 bridgehead atoms. The highest BCUT2D eigenvalue weighted by Crippen LogP contribution is 2.28. The Morgan fingerprint density at radius 1 is 1.23 bits per heavy atom. The molecule has 1 aromatic rings. The van der Waals surface area contributed by atoms with Gasteiger partial charge in [-0.1, -0.05) is 0 Å². The third-order valence-corrected chi connectivity index (χ3v) is 3.11. The van der Waals surface area contributed by atoms with Gasteiger partial charge in [-0.15, -0.1) is 0 Å². The van der Waals surface area contributed by atoms with Gasteiger partial charge in [0.25, 0.3) is 6.43 Å². The van der Waals surface area contributed by atoms with E-state index in [-0.39, 0.29) is 30.1 Å². The van der Waals surface area contributed by atoms with Gasteiger partial charge in [0.15, 0.2) is 6.29 Å². The molecule has 2 amide bonds. The van der Waals surface area contributed by atoms with Crippen molar-refractivity contribution in [1.82, 2.24) is 4.90 Å². The summed E-state index contributed by atoms with van der Waals surface area (Å²) in [6, 6.07) is 3.05. The monoisotopic (exact) mass is 320 g/mol. The summed E-state index contributed by atoms with van der Waals surface area (Å²) in [6.45, 7) is -3.58. The van der Waals surface area contributed by atoms with Crippen molar-refractivity contribution >= 4 is 18.0 Å². The van der Waals surface area contributed by atoms with Crippen LogP contribution in [-0.4, -0.2) is 49.9 Å². The Kier molecular flexibility index (Phi) is 4.84. The minimum atomic E-state index is -3.13. The van der Waals surface area contributed by atoms with Gasteiger partial charge >= 0.3 is 12.6 Å². The second-order valence-corrected chi connectivity index (χ2v) is 4.49. The first kappa shape index (κ1) is 16.1. The highest BCUT2D eigenvalue weighted by Gasteiger charge is 2.31. The van der Waals surface area contributed by atoms with Crippen LogP contribution < -0.4 is 9.64 Å². The molecule has 5 nitrogen and oxygen atoms in total. The first-order valence-corrected chi connectivity index (χ1v) is 6.31. The van der Waals surface area contributed by atoms with E-state index < -0.39 is 25.6 Å². The van der Waals surface area contributed by atoms with E-state index in [1.165, 1.54) is 12.1 Å². The average molecular weight is 320 g/mol. The van der Waals surface area contributed by atoms with Gasteiger partial charge in [-0.25, -0.2) is 13.6 Å². The molecular weight excluding hydrogens is 308 g/mol. The lowest BCUT2D eigenvalue weighted by molar-refractivity contribution is -0.0500. The largest absolute Gasteiger partial charge is 0.434 e. The molecule has 0 saturated carbocycles. The number of hydrogen-bond donors (Lipinski definition) is 0. The van der Waals surface area contributed by atoms with Gasteiger partial charge in [0.1, 0.15) is 5.75 Å². The summed E-state index contributed by atoms with van der Waals surface area (Å²) in [6.07, 6.45) is -2.31. The summed E-state index contributed by atoms with van der Waals surface area (Å²) in [5.41, 5.74) is 0.100. The van der Waals surface area contributed by atoms with Crippen molar-refractivity contribution < 1.29 is 31.9 Å². The number of rotatable bonds is 6. The molecule has 0 spiro atoms. The van der Waals surface area contributed by atoms with E-state index >= 15 is 0 Å². The molecule has 1 saturated heterocycles. The standard InChI is InChI=1S/C13H12F4N2O3/c14-11(15)6-18-3-4-19(13(18)21)9-2-1-8(7-20)10(5-9)22-12(16)17/h1-2,5,7,11-12H,3-4,6H2. The average Bonchev–Trinajstić information content (AvgIpc) is 2.79. The topological polar surface area (TPSA) is 49.9 Å². The SMILES string of the molecule is O=Cc1ccc(N2CCN(CC(F)F)C2=O)cc1OC(F)F. The molecule has 0 aliphatic carbocycles. The number of amides is 2. The van der Waals surface area contributed by atoms with Crippen LogP contribution in [0, 0.1) is 0 Å². The van der Waals surface area contributed by atoms with E-state index in [0.717, 1.165) is 15.9 Å². The second kappa shape index (κ2) is 6.63. The summed E-state index contributed by atoms with van der Waals surface area (Å²) >= 11 is 0. The van der Waals surface area contributed by atoms with E-state index in [2.05, 4.69) is 4.74 Å². The Labute approximate surface area is 123 Å². The maximum atomic E-state index is 12.3. The first-order chi connectivity index (χ1) is 10.4. The van der Waals surface area contributed by atoms with Crippen molar-refractivity contribution in [1.29, 1.82) is 0 Å². The van der Waals surface area contributed by atoms with Gasteiger partial charge in [0, 0.05) is 24.8 Å². The Bertz CT molecular complexity index is 568. The number of carbonyl (C=O) groups excluding carboxylic acids is 2. The lowest BCUT2D eigenvalue weighted by Crippen LogP contribution is -2.34. The molecular formula is C13H12F4N2O3. The van der Waals surface area contributed by atoms with Gasteiger partial charge in [-0.2, -0.15) is 8.78 Å². The molecule has 1 heterocycles. The normalized spacial score (nSPS) is 15.1. The summed E-state index contributed by atoms with van der Waals surface area (Å²) in [5, 5.41) is 0. The Morgan fingerprint density at radius 3 is 2.55 bits per heavy atom. The molecule has 22 heavy (non-hydrogen) atoms. The Hall–Kier alpha value is -2.32. The van der Waals surface area contributed by atoms with Crippen LogP contribution >= 0.6 is 0 Å². The summed E-state index contributed by atoms with van der Waals surface area (Å²) in [7, 11) is 0. The van der Waals surface area contributed by atoms with Crippen molar-refractivity contribution in [2.75, 3.05) is 24.5 Å². The number of halogens is 4. The molecule has 0 atom stereocenters. The molecule has 0 N–H and O–H groups in total. The smallest absolute Gasteiger partial charge is 0.387 e. The molecule has 1 aromatic carbocycles. The molecule has 0 radical (unpaired) electrons. The lowest BCUT2D eigenvalue weighted by atomic mass is 10.2. The fourth-order valence-electron chi connectivity index (χ4n) is 2.14. The summed E-state index contributed by atoms with van der Waals surface area (Å²) in [4.78, 5) is 24.9. The predicted molar refractivity (Wildman–Crippen MR) is 68.8 cm³/mol. The van der Waals surface area contributed by atoms with Crippen LogP contribution in [0.3, 0.4) is 0 Å². The van der Waals surface area contributed by atoms with Gasteiger partial charge in [-0.05, 0) is 12.1 Å². The number of benzene rings is 1. The zero-order valence-corrected chi connectivity index (χ0v) is 11.2. The first-order valence-electron chi connectivity index (χ1n) is 6.31. The summed E-state index contributed by atoms with van der Waals surface area (Å²) in [5.74, 6) is -0.373. The number of alkyl halides is 4. The zero-order valence-electron chi connectivity index (χ0n) is 11.2. The molecule has 120 valence electrons. The van der Waals surface area contributed by atoms with Crippen LogP contribution in [0.4, 0.5) is 28.0 Å². The van der Waals surface area contributed by atoms with Crippen molar-refractivity contribution in [3.63, 3.8) is 0 Å². The lowest BCUT2D eigenvalue weighted by Gasteiger charge is -2.19. The van der Waals surface area contributed by atoms with Crippen molar-refractivity contribution in [2.24, 2.45) is 0 Å². The van der Waals surface area contributed by atoms with Crippen LogP contribution in [0.15, 0.2) is 18.2 Å². The quantitative estimate of drug-likeness (QED) is 0.598. The molecule has 1 fully saturated rings. The minimum Gasteiger partial charge on any atom is -0.434 e. The maximum absolute atomic E-state index is 12.3. The van der Waals surface area contributed by atoms with Gasteiger partial charge < -0.3 is 9.64 Å². The number of hydrogen-bond acceptors (Lipinski definition) is 3. The highest BCUT2D eigenvalue weighted by molar-refractivity contribution is 5.95. The van der Waals surface area contributed by atoms with Crippen LogP contribution in [0.2, 0.25) is 0 Å².